The molecule has 0 bridgehead atoms. The van der Waals surface area contributed by atoms with Crippen molar-refractivity contribution in [3.8, 4) is 11.3 Å². The SMILES string of the molecule is Cc1cc(Cl)c(-c2nn(CC(C)C)cc2C=O)cc1C. The van der Waals surface area contributed by atoms with Crippen LogP contribution in [-0.4, -0.2) is 16.1 Å². The summed E-state index contributed by atoms with van der Waals surface area (Å²) in [5.41, 5.74) is 4.33. The summed E-state index contributed by atoms with van der Waals surface area (Å²) in [6.07, 6.45) is 2.62. The molecule has 3 nitrogen and oxygen atoms in total. The first kappa shape index (κ1) is 14.8. The molecule has 0 aliphatic carbocycles. The molecule has 0 N–H and O–H groups in total. The Morgan fingerprint density at radius 1 is 1.30 bits per heavy atom. The van der Waals surface area contributed by atoms with E-state index in [9.17, 15) is 4.79 Å². The first-order chi connectivity index (χ1) is 9.42. The molecular weight excluding hydrogens is 272 g/mol. The van der Waals surface area contributed by atoms with Gasteiger partial charge in [-0.2, -0.15) is 5.10 Å². The number of hydrogen-bond donors (Lipinski definition) is 0. The number of aromatic nitrogens is 2. The number of rotatable bonds is 4. The van der Waals surface area contributed by atoms with Crippen LogP contribution < -0.4 is 0 Å². The van der Waals surface area contributed by atoms with E-state index in [1.54, 1.807) is 6.20 Å². The lowest BCUT2D eigenvalue weighted by Crippen LogP contribution is -2.04. The molecular formula is C16H19ClN2O. The molecule has 0 saturated carbocycles. The largest absolute Gasteiger partial charge is 0.298 e. The van der Waals surface area contributed by atoms with Crippen LogP contribution in [-0.2, 0) is 6.54 Å². The molecule has 2 aromatic rings. The molecule has 106 valence electrons. The molecule has 0 spiro atoms. The zero-order chi connectivity index (χ0) is 14.9. The second-order valence-corrected chi connectivity index (χ2v) is 5.99. The van der Waals surface area contributed by atoms with Gasteiger partial charge in [0.15, 0.2) is 6.29 Å². The number of nitrogens with zero attached hydrogens (tertiary/aromatic N) is 2. The Morgan fingerprint density at radius 2 is 1.95 bits per heavy atom. The van der Waals surface area contributed by atoms with Crippen molar-refractivity contribution in [2.24, 2.45) is 5.92 Å². The van der Waals surface area contributed by atoms with Gasteiger partial charge in [0.2, 0.25) is 0 Å². The molecule has 4 heteroatoms. The molecule has 0 saturated heterocycles. The molecule has 0 atom stereocenters. The zero-order valence-electron chi connectivity index (χ0n) is 12.3. The lowest BCUT2D eigenvalue weighted by molar-refractivity contribution is 0.112. The van der Waals surface area contributed by atoms with E-state index in [1.165, 1.54) is 0 Å². The average Bonchev–Trinajstić information content (AvgIpc) is 2.75. The van der Waals surface area contributed by atoms with Gasteiger partial charge in [-0.1, -0.05) is 25.4 Å². The van der Waals surface area contributed by atoms with Crippen molar-refractivity contribution in [3.63, 3.8) is 0 Å². The Balaban J connectivity index is 2.54. The van der Waals surface area contributed by atoms with Gasteiger partial charge in [-0.25, -0.2) is 0 Å². The lowest BCUT2D eigenvalue weighted by Gasteiger charge is -2.07. The van der Waals surface area contributed by atoms with E-state index in [0.717, 1.165) is 29.5 Å². The Hall–Kier alpha value is -1.61. The summed E-state index contributed by atoms with van der Waals surface area (Å²) >= 11 is 6.31. The van der Waals surface area contributed by atoms with E-state index < -0.39 is 0 Å². The quantitative estimate of drug-likeness (QED) is 0.787. The van der Waals surface area contributed by atoms with Crippen LogP contribution in [0.5, 0.6) is 0 Å². The maximum absolute atomic E-state index is 11.3. The smallest absolute Gasteiger partial charge is 0.153 e. The highest BCUT2D eigenvalue weighted by atomic mass is 35.5. The number of hydrogen-bond acceptors (Lipinski definition) is 2. The van der Waals surface area contributed by atoms with Gasteiger partial charge in [-0.3, -0.25) is 9.48 Å². The van der Waals surface area contributed by atoms with Gasteiger partial charge in [0, 0.05) is 18.3 Å². The average molecular weight is 291 g/mol. The van der Waals surface area contributed by atoms with E-state index in [4.69, 9.17) is 11.6 Å². The number of halogens is 1. The van der Waals surface area contributed by atoms with Crippen molar-refractivity contribution >= 4 is 17.9 Å². The summed E-state index contributed by atoms with van der Waals surface area (Å²) in [7, 11) is 0. The third-order valence-corrected chi connectivity index (χ3v) is 3.62. The van der Waals surface area contributed by atoms with Gasteiger partial charge in [-0.05, 0) is 43.0 Å². The van der Waals surface area contributed by atoms with Crippen LogP contribution in [0.25, 0.3) is 11.3 Å². The lowest BCUT2D eigenvalue weighted by atomic mass is 10.0. The monoisotopic (exact) mass is 290 g/mol. The van der Waals surface area contributed by atoms with Gasteiger partial charge in [0.05, 0.1) is 10.6 Å². The normalized spacial score (nSPS) is 11.1. The van der Waals surface area contributed by atoms with Crippen LogP contribution in [0.3, 0.4) is 0 Å². The van der Waals surface area contributed by atoms with Crippen molar-refractivity contribution in [1.29, 1.82) is 0 Å². The predicted molar refractivity (Wildman–Crippen MR) is 82.4 cm³/mol. The molecule has 20 heavy (non-hydrogen) atoms. The maximum atomic E-state index is 11.3. The van der Waals surface area contributed by atoms with Crippen LogP contribution in [0, 0.1) is 19.8 Å². The Morgan fingerprint density at radius 3 is 2.55 bits per heavy atom. The third kappa shape index (κ3) is 2.93. The number of benzene rings is 1. The minimum absolute atomic E-state index is 0.470. The number of aryl methyl sites for hydroxylation is 2. The summed E-state index contributed by atoms with van der Waals surface area (Å²) in [6.45, 7) is 9.06. The molecule has 1 aromatic heterocycles. The molecule has 1 heterocycles. The molecule has 0 amide bonds. The molecule has 0 aliphatic rings. The first-order valence-electron chi connectivity index (χ1n) is 6.72. The Kier molecular flexibility index (Phi) is 4.29. The fourth-order valence-electron chi connectivity index (χ4n) is 2.16. The van der Waals surface area contributed by atoms with Gasteiger partial charge < -0.3 is 0 Å². The second-order valence-electron chi connectivity index (χ2n) is 5.58. The summed E-state index contributed by atoms with van der Waals surface area (Å²) in [5, 5.41) is 5.15. The van der Waals surface area contributed by atoms with Crippen molar-refractivity contribution < 1.29 is 4.79 Å². The Bertz CT molecular complexity index is 644. The fourth-order valence-corrected chi connectivity index (χ4v) is 2.47. The standard InChI is InChI=1S/C16H19ClN2O/c1-10(2)7-19-8-13(9-20)16(18-19)14-5-11(3)12(4)6-15(14)17/h5-6,8-10H,7H2,1-4H3. The van der Waals surface area contributed by atoms with Crippen LogP contribution >= 0.6 is 11.6 Å². The van der Waals surface area contributed by atoms with E-state index in [2.05, 4.69) is 18.9 Å². The summed E-state index contributed by atoms with van der Waals surface area (Å²) < 4.78 is 1.81. The van der Waals surface area contributed by atoms with Crippen LogP contribution in [0.15, 0.2) is 18.3 Å². The molecule has 1 aromatic carbocycles. The summed E-state index contributed by atoms with van der Waals surface area (Å²) in [6, 6.07) is 3.91. The molecule has 2 rings (SSSR count). The highest BCUT2D eigenvalue weighted by Crippen LogP contribution is 2.31. The highest BCUT2D eigenvalue weighted by Gasteiger charge is 2.15. The van der Waals surface area contributed by atoms with Gasteiger partial charge in [-0.15, -0.1) is 0 Å². The van der Waals surface area contributed by atoms with Crippen molar-refractivity contribution in [2.75, 3.05) is 0 Å². The van der Waals surface area contributed by atoms with Gasteiger partial charge in [0.25, 0.3) is 0 Å². The van der Waals surface area contributed by atoms with E-state index in [0.29, 0.717) is 22.2 Å². The number of carbonyl (C=O) groups excluding carboxylic acids is 1. The predicted octanol–water partition coefficient (Wildman–Crippen LogP) is 4.29. The zero-order valence-corrected chi connectivity index (χ0v) is 13.0. The van der Waals surface area contributed by atoms with Crippen LogP contribution in [0.2, 0.25) is 5.02 Å². The van der Waals surface area contributed by atoms with E-state index in [1.807, 2.05) is 30.7 Å². The molecule has 0 unspecified atom stereocenters. The topological polar surface area (TPSA) is 34.9 Å². The summed E-state index contributed by atoms with van der Waals surface area (Å²) in [5.74, 6) is 0.470. The van der Waals surface area contributed by atoms with Gasteiger partial charge >= 0.3 is 0 Å². The van der Waals surface area contributed by atoms with Crippen LogP contribution in [0.1, 0.15) is 35.3 Å². The second kappa shape index (κ2) is 5.80. The van der Waals surface area contributed by atoms with Crippen molar-refractivity contribution in [3.05, 3.63) is 40.0 Å². The van der Waals surface area contributed by atoms with Gasteiger partial charge in [0.1, 0.15) is 5.69 Å². The molecule has 0 aliphatic heterocycles. The third-order valence-electron chi connectivity index (χ3n) is 3.31. The molecule has 0 fully saturated rings. The molecule has 0 radical (unpaired) electrons. The minimum Gasteiger partial charge on any atom is -0.298 e. The highest BCUT2D eigenvalue weighted by molar-refractivity contribution is 6.33. The number of aldehydes is 1. The van der Waals surface area contributed by atoms with Crippen LogP contribution in [0.4, 0.5) is 0 Å². The van der Waals surface area contributed by atoms with Crippen molar-refractivity contribution in [2.45, 2.75) is 34.2 Å². The maximum Gasteiger partial charge on any atom is 0.153 e. The van der Waals surface area contributed by atoms with E-state index in [-0.39, 0.29) is 0 Å². The number of carbonyl (C=O) groups is 1. The van der Waals surface area contributed by atoms with Crippen molar-refractivity contribution in [1.82, 2.24) is 9.78 Å². The van der Waals surface area contributed by atoms with E-state index >= 15 is 0 Å². The minimum atomic E-state index is 0.470. The fraction of sp³-hybridized carbons (Fsp3) is 0.375. The first-order valence-corrected chi connectivity index (χ1v) is 7.10. The summed E-state index contributed by atoms with van der Waals surface area (Å²) in [4.78, 5) is 11.3. The Labute approximate surface area is 124 Å².